The lowest BCUT2D eigenvalue weighted by atomic mass is 9.73. The Labute approximate surface area is 122 Å². The first kappa shape index (κ1) is 13.8. The molecule has 2 nitrogen and oxygen atoms in total. The fraction of sp³-hybridized carbons (Fsp3) is 0.667. The SMILES string of the molecule is CC1(C)CCC(COc2ccc3c(c2)CCCN3)CC1. The molecule has 1 aromatic rings. The van der Waals surface area contributed by atoms with Crippen molar-refractivity contribution < 1.29 is 4.74 Å². The number of rotatable bonds is 3. The van der Waals surface area contributed by atoms with Crippen LogP contribution in [0.2, 0.25) is 0 Å². The lowest BCUT2D eigenvalue weighted by Gasteiger charge is -2.34. The van der Waals surface area contributed by atoms with Gasteiger partial charge in [0.2, 0.25) is 0 Å². The van der Waals surface area contributed by atoms with E-state index < -0.39 is 0 Å². The van der Waals surface area contributed by atoms with E-state index in [1.54, 1.807) is 0 Å². The summed E-state index contributed by atoms with van der Waals surface area (Å²) in [6, 6.07) is 6.52. The summed E-state index contributed by atoms with van der Waals surface area (Å²) >= 11 is 0. The van der Waals surface area contributed by atoms with Crippen LogP contribution in [0.15, 0.2) is 18.2 Å². The van der Waals surface area contributed by atoms with Crippen LogP contribution in [0.3, 0.4) is 0 Å². The van der Waals surface area contributed by atoms with Crippen LogP contribution >= 0.6 is 0 Å². The average Bonchev–Trinajstić information content (AvgIpc) is 2.46. The molecule has 1 fully saturated rings. The van der Waals surface area contributed by atoms with Gasteiger partial charge in [0, 0.05) is 12.2 Å². The number of benzene rings is 1. The lowest BCUT2D eigenvalue weighted by Crippen LogP contribution is -2.24. The van der Waals surface area contributed by atoms with Crippen molar-refractivity contribution in [2.45, 2.75) is 52.4 Å². The zero-order valence-corrected chi connectivity index (χ0v) is 12.9. The predicted molar refractivity (Wildman–Crippen MR) is 84.5 cm³/mol. The molecule has 0 saturated heterocycles. The van der Waals surface area contributed by atoms with Crippen molar-refractivity contribution >= 4 is 5.69 Å². The molecule has 20 heavy (non-hydrogen) atoms. The van der Waals surface area contributed by atoms with Gasteiger partial charge in [-0.05, 0) is 73.6 Å². The maximum absolute atomic E-state index is 6.05. The van der Waals surface area contributed by atoms with E-state index in [0.717, 1.165) is 24.8 Å². The minimum absolute atomic E-state index is 0.550. The summed E-state index contributed by atoms with van der Waals surface area (Å²) in [7, 11) is 0. The minimum atomic E-state index is 0.550. The molecule has 1 aromatic carbocycles. The molecule has 110 valence electrons. The predicted octanol–water partition coefficient (Wildman–Crippen LogP) is 4.64. The Bertz CT molecular complexity index is 456. The van der Waals surface area contributed by atoms with Gasteiger partial charge >= 0.3 is 0 Å². The molecule has 1 aliphatic heterocycles. The number of aryl methyl sites for hydroxylation is 1. The van der Waals surface area contributed by atoms with Gasteiger partial charge in [-0.25, -0.2) is 0 Å². The molecule has 2 aliphatic rings. The highest BCUT2D eigenvalue weighted by molar-refractivity contribution is 5.55. The molecule has 0 unspecified atom stereocenters. The Balaban J connectivity index is 1.54. The van der Waals surface area contributed by atoms with Gasteiger partial charge in [-0.1, -0.05) is 13.8 Å². The number of hydrogen-bond donors (Lipinski definition) is 1. The summed E-state index contributed by atoms with van der Waals surface area (Å²) < 4.78 is 6.05. The van der Waals surface area contributed by atoms with Crippen LogP contribution in [-0.4, -0.2) is 13.2 Å². The maximum Gasteiger partial charge on any atom is 0.119 e. The second-order valence-electron chi connectivity index (χ2n) is 7.27. The van der Waals surface area contributed by atoms with E-state index in [4.69, 9.17) is 4.74 Å². The monoisotopic (exact) mass is 273 g/mol. The zero-order chi connectivity index (χ0) is 14.0. The van der Waals surface area contributed by atoms with Gasteiger partial charge < -0.3 is 10.1 Å². The Hall–Kier alpha value is -1.18. The first-order chi connectivity index (χ1) is 9.62. The summed E-state index contributed by atoms with van der Waals surface area (Å²) in [6.45, 7) is 6.77. The van der Waals surface area contributed by atoms with Crippen molar-refractivity contribution in [3.8, 4) is 5.75 Å². The van der Waals surface area contributed by atoms with E-state index in [1.807, 2.05) is 0 Å². The highest BCUT2D eigenvalue weighted by Crippen LogP contribution is 2.38. The number of anilines is 1. The van der Waals surface area contributed by atoms with E-state index in [9.17, 15) is 0 Å². The Morgan fingerprint density at radius 2 is 2.05 bits per heavy atom. The first-order valence-electron chi connectivity index (χ1n) is 8.12. The van der Waals surface area contributed by atoms with Gasteiger partial charge in [-0.2, -0.15) is 0 Å². The highest BCUT2D eigenvalue weighted by Gasteiger charge is 2.27. The number of hydrogen-bond acceptors (Lipinski definition) is 2. The molecule has 0 aromatic heterocycles. The van der Waals surface area contributed by atoms with E-state index in [1.165, 1.54) is 49.8 Å². The number of nitrogens with one attached hydrogen (secondary N) is 1. The van der Waals surface area contributed by atoms with Crippen LogP contribution in [0, 0.1) is 11.3 Å². The topological polar surface area (TPSA) is 21.3 Å². The fourth-order valence-electron chi connectivity index (χ4n) is 3.38. The maximum atomic E-state index is 6.05. The third-order valence-electron chi connectivity index (χ3n) is 4.96. The molecular weight excluding hydrogens is 246 g/mol. The summed E-state index contributed by atoms with van der Waals surface area (Å²) in [5.74, 6) is 1.80. The van der Waals surface area contributed by atoms with Crippen LogP contribution in [0.4, 0.5) is 5.69 Å². The minimum Gasteiger partial charge on any atom is -0.493 e. The van der Waals surface area contributed by atoms with Gasteiger partial charge in [-0.3, -0.25) is 0 Å². The molecule has 1 heterocycles. The number of fused-ring (bicyclic) bond motifs is 1. The van der Waals surface area contributed by atoms with Crippen molar-refractivity contribution in [1.82, 2.24) is 0 Å². The fourth-order valence-corrected chi connectivity index (χ4v) is 3.38. The van der Waals surface area contributed by atoms with Crippen LogP contribution in [-0.2, 0) is 6.42 Å². The second kappa shape index (κ2) is 5.67. The van der Waals surface area contributed by atoms with E-state index in [-0.39, 0.29) is 0 Å². The molecule has 1 saturated carbocycles. The Morgan fingerprint density at radius 3 is 2.85 bits per heavy atom. The van der Waals surface area contributed by atoms with Gasteiger partial charge in [-0.15, -0.1) is 0 Å². The molecular formula is C18H27NO. The lowest BCUT2D eigenvalue weighted by molar-refractivity contribution is 0.142. The number of ether oxygens (including phenoxy) is 1. The van der Waals surface area contributed by atoms with Crippen molar-refractivity contribution in [1.29, 1.82) is 0 Å². The normalized spacial score (nSPS) is 21.9. The van der Waals surface area contributed by atoms with Gasteiger partial charge in [0.25, 0.3) is 0 Å². The van der Waals surface area contributed by atoms with Gasteiger partial charge in [0.15, 0.2) is 0 Å². The van der Waals surface area contributed by atoms with Gasteiger partial charge in [0.1, 0.15) is 5.75 Å². The van der Waals surface area contributed by atoms with Crippen molar-refractivity contribution in [3.05, 3.63) is 23.8 Å². The van der Waals surface area contributed by atoms with E-state index in [0.29, 0.717) is 5.41 Å². The third-order valence-corrected chi connectivity index (χ3v) is 4.96. The molecule has 0 spiro atoms. The standard InChI is InChI=1S/C18H27NO/c1-18(2)9-7-14(8-10-18)13-20-16-5-6-17-15(12-16)4-3-11-19-17/h5-6,12,14,19H,3-4,7-11,13H2,1-2H3. The van der Waals surface area contributed by atoms with Crippen molar-refractivity contribution in [3.63, 3.8) is 0 Å². The molecule has 0 radical (unpaired) electrons. The molecule has 2 heteroatoms. The molecule has 1 aliphatic carbocycles. The molecule has 3 rings (SSSR count). The van der Waals surface area contributed by atoms with Crippen LogP contribution in [0.5, 0.6) is 5.75 Å². The van der Waals surface area contributed by atoms with Crippen molar-refractivity contribution in [2.75, 3.05) is 18.5 Å². The summed E-state index contributed by atoms with van der Waals surface area (Å²) in [4.78, 5) is 0. The highest BCUT2D eigenvalue weighted by atomic mass is 16.5. The molecule has 1 N–H and O–H groups in total. The average molecular weight is 273 g/mol. The zero-order valence-electron chi connectivity index (χ0n) is 12.9. The third kappa shape index (κ3) is 3.28. The molecule has 0 atom stereocenters. The second-order valence-corrected chi connectivity index (χ2v) is 7.27. The van der Waals surface area contributed by atoms with E-state index >= 15 is 0 Å². The van der Waals surface area contributed by atoms with Crippen LogP contribution in [0.1, 0.15) is 51.5 Å². The van der Waals surface area contributed by atoms with Crippen LogP contribution in [0.25, 0.3) is 0 Å². The summed E-state index contributed by atoms with van der Waals surface area (Å²) in [5, 5.41) is 3.45. The quantitative estimate of drug-likeness (QED) is 0.866. The largest absolute Gasteiger partial charge is 0.493 e. The molecule has 0 bridgehead atoms. The molecule has 0 amide bonds. The van der Waals surface area contributed by atoms with Gasteiger partial charge in [0.05, 0.1) is 6.61 Å². The Kier molecular flexibility index (Phi) is 3.91. The van der Waals surface area contributed by atoms with Crippen molar-refractivity contribution in [2.24, 2.45) is 11.3 Å². The van der Waals surface area contributed by atoms with Crippen LogP contribution < -0.4 is 10.1 Å². The summed E-state index contributed by atoms with van der Waals surface area (Å²) in [5.41, 5.74) is 3.26. The smallest absolute Gasteiger partial charge is 0.119 e. The first-order valence-corrected chi connectivity index (χ1v) is 8.12. The van der Waals surface area contributed by atoms with E-state index in [2.05, 4.69) is 37.4 Å². The summed E-state index contributed by atoms with van der Waals surface area (Å²) in [6.07, 6.45) is 7.73. The Morgan fingerprint density at radius 1 is 1.25 bits per heavy atom.